The van der Waals surface area contributed by atoms with Crippen LogP contribution < -0.4 is 4.74 Å². The fourth-order valence-corrected chi connectivity index (χ4v) is 2.29. The van der Waals surface area contributed by atoms with Crippen LogP contribution in [0.1, 0.15) is 5.56 Å². The Balaban J connectivity index is 2.32. The second kappa shape index (κ2) is 6.51. The zero-order valence-electron chi connectivity index (χ0n) is 12.3. The van der Waals surface area contributed by atoms with Crippen molar-refractivity contribution in [2.75, 3.05) is 7.11 Å². The molecule has 0 spiro atoms. The number of azo groups is 1. The molecule has 0 aliphatic carbocycles. The molecule has 118 valence electrons. The first-order chi connectivity index (χ1) is 10.8. The maximum Gasteiger partial charge on any atom is 0.426 e. The predicted molar refractivity (Wildman–Crippen MR) is 82.9 cm³/mol. The third-order valence-corrected chi connectivity index (χ3v) is 3.88. The summed E-state index contributed by atoms with van der Waals surface area (Å²) in [5.74, 6) is 0.341. The van der Waals surface area contributed by atoms with E-state index in [2.05, 4.69) is 15.2 Å². The molecule has 0 aliphatic heterocycles. The van der Waals surface area contributed by atoms with E-state index >= 15 is 0 Å². The largest absolute Gasteiger partial charge is 0.489 e. The molecule has 0 aliphatic rings. The van der Waals surface area contributed by atoms with E-state index in [9.17, 15) is 8.42 Å². The van der Waals surface area contributed by atoms with Gasteiger partial charge in [-0.1, -0.05) is 0 Å². The van der Waals surface area contributed by atoms with Crippen LogP contribution in [0.2, 0.25) is 0 Å². The second-order valence-electron chi connectivity index (χ2n) is 4.58. The van der Waals surface area contributed by atoms with Crippen LogP contribution in [0, 0.1) is 12.3 Å². The molecule has 1 N–H and O–H groups in total. The van der Waals surface area contributed by atoms with Crippen LogP contribution in [0.15, 0.2) is 51.5 Å². The van der Waals surface area contributed by atoms with Gasteiger partial charge in [0.05, 0.1) is 23.4 Å². The first-order valence-corrected chi connectivity index (χ1v) is 7.82. The summed E-state index contributed by atoms with van der Waals surface area (Å²) < 4.78 is 35.9. The highest BCUT2D eigenvalue weighted by molar-refractivity contribution is 7.85. The van der Waals surface area contributed by atoms with Crippen molar-refractivity contribution in [2.24, 2.45) is 10.2 Å². The summed E-state index contributed by atoms with van der Waals surface area (Å²) in [4.78, 5) is 2.90. The molecule has 9 heteroatoms. The fraction of sp³-hybridized carbons (Fsp3) is 0.143. The molecule has 2 rings (SSSR count). The number of diazo groups is 1. The molecular weight excluding hydrogens is 320 g/mol. The van der Waals surface area contributed by atoms with Crippen LogP contribution in [0.5, 0.6) is 5.75 Å². The molecule has 23 heavy (non-hydrogen) atoms. The van der Waals surface area contributed by atoms with Crippen molar-refractivity contribution in [3.8, 4) is 5.75 Å². The molecule has 8 nitrogen and oxygen atoms in total. The normalized spacial score (nSPS) is 11.4. The number of benzene rings is 2. The third-order valence-electron chi connectivity index (χ3n) is 3.01. The molecule has 0 saturated carbocycles. The number of ether oxygens (including phenoxy) is 1. The molecule has 2 aromatic rings. The van der Waals surface area contributed by atoms with Crippen LogP contribution in [0.4, 0.5) is 17.1 Å². The average molecular weight is 333 g/mol. The first kappa shape index (κ1) is 16.5. The van der Waals surface area contributed by atoms with Crippen molar-refractivity contribution in [1.82, 2.24) is 0 Å². The maximum absolute atomic E-state index is 11.0. The Morgan fingerprint density at radius 3 is 2.35 bits per heavy atom. The highest BCUT2D eigenvalue weighted by atomic mass is 32.2. The van der Waals surface area contributed by atoms with Gasteiger partial charge in [-0.25, -0.2) is 0 Å². The van der Waals surface area contributed by atoms with Gasteiger partial charge in [0.15, 0.2) is 4.98 Å². The Morgan fingerprint density at radius 1 is 1.17 bits per heavy atom. The van der Waals surface area contributed by atoms with Gasteiger partial charge in [0.2, 0.25) is 11.1 Å². The van der Waals surface area contributed by atoms with Gasteiger partial charge in [0, 0.05) is 12.1 Å². The lowest BCUT2D eigenvalue weighted by Crippen LogP contribution is -1.96. The van der Waals surface area contributed by atoms with E-state index in [0.717, 1.165) is 5.56 Å². The van der Waals surface area contributed by atoms with Gasteiger partial charge in [-0.3, -0.25) is 4.55 Å². The lowest BCUT2D eigenvalue weighted by atomic mass is 10.1. The quantitative estimate of drug-likeness (QED) is 0.512. The molecule has 0 radical (unpaired) electrons. The molecule has 0 bridgehead atoms. The molecule has 0 atom stereocenters. The van der Waals surface area contributed by atoms with Gasteiger partial charge in [0.25, 0.3) is 10.1 Å². The number of nitrogens with zero attached hydrogens (tertiary/aromatic N) is 4. The summed E-state index contributed by atoms with van der Waals surface area (Å²) in [5.41, 5.74) is 1.91. The van der Waals surface area contributed by atoms with Crippen molar-refractivity contribution >= 4 is 27.2 Å². The molecule has 0 amide bonds. The molecule has 0 unspecified atom stereocenters. The van der Waals surface area contributed by atoms with Crippen LogP contribution >= 0.6 is 0 Å². The van der Waals surface area contributed by atoms with Crippen LogP contribution in [0.3, 0.4) is 0 Å². The Hall–Kier alpha value is -2.83. The van der Waals surface area contributed by atoms with E-state index in [1.165, 1.54) is 31.4 Å². The average Bonchev–Trinajstić information content (AvgIpc) is 2.53. The smallest absolute Gasteiger partial charge is 0.426 e. The van der Waals surface area contributed by atoms with Gasteiger partial charge in [-0.2, -0.15) is 18.6 Å². The zero-order valence-corrected chi connectivity index (χ0v) is 13.1. The van der Waals surface area contributed by atoms with Crippen LogP contribution in [-0.2, 0) is 10.1 Å². The van der Waals surface area contributed by atoms with Crippen molar-refractivity contribution in [3.63, 3.8) is 0 Å². The number of rotatable bonds is 4. The molecule has 0 aromatic heterocycles. The Morgan fingerprint density at radius 2 is 1.83 bits per heavy atom. The van der Waals surface area contributed by atoms with E-state index in [1.807, 2.05) is 0 Å². The Kier molecular flexibility index (Phi) is 4.68. The topological polar surface area (TPSA) is 116 Å². The number of hydrogen-bond acceptors (Lipinski definition) is 6. The van der Waals surface area contributed by atoms with Gasteiger partial charge < -0.3 is 4.74 Å². The minimum atomic E-state index is -4.23. The van der Waals surface area contributed by atoms with Gasteiger partial charge in [0.1, 0.15) is 0 Å². The Labute approximate surface area is 132 Å². The van der Waals surface area contributed by atoms with Crippen molar-refractivity contribution in [3.05, 3.63) is 46.9 Å². The number of methoxy groups -OCH3 is 1. The summed E-state index contributed by atoms with van der Waals surface area (Å²) in [6.45, 7) is 1.77. The van der Waals surface area contributed by atoms with E-state index in [1.54, 1.807) is 19.1 Å². The van der Waals surface area contributed by atoms with Crippen molar-refractivity contribution in [1.29, 1.82) is 5.39 Å². The summed E-state index contributed by atoms with van der Waals surface area (Å²) in [5, 5.41) is 16.9. The summed E-state index contributed by atoms with van der Waals surface area (Å²) in [6.07, 6.45) is 0. The van der Waals surface area contributed by atoms with E-state index in [4.69, 9.17) is 14.7 Å². The number of aryl methyl sites for hydroxylation is 1. The van der Waals surface area contributed by atoms with E-state index < -0.39 is 10.1 Å². The zero-order chi connectivity index (χ0) is 17.0. The fourth-order valence-electron chi connectivity index (χ4n) is 1.81. The standard InChI is InChI=1S/C14H12N4O4S/c1-9-7-13(16-15)14(22-2)8-12(9)18-17-10-3-5-11(6-4-10)23(19,20)21/h3-8H,1-2H3/p+1. The highest BCUT2D eigenvalue weighted by Crippen LogP contribution is 2.35. The third kappa shape index (κ3) is 3.88. The molecule has 0 saturated heterocycles. The van der Waals surface area contributed by atoms with E-state index in [0.29, 0.717) is 17.1 Å². The maximum atomic E-state index is 11.0. The minimum absolute atomic E-state index is 0.219. The molecular formula is C14H13N4O4S+. The molecule has 0 heterocycles. The lowest BCUT2D eigenvalue weighted by molar-refractivity contribution is 0.417. The van der Waals surface area contributed by atoms with Gasteiger partial charge in [-0.05, 0) is 36.8 Å². The van der Waals surface area contributed by atoms with Gasteiger partial charge in [-0.15, -0.1) is 0 Å². The second-order valence-corrected chi connectivity index (χ2v) is 6.00. The molecule has 0 fully saturated rings. The van der Waals surface area contributed by atoms with Crippen LogP contribution in [0.25, 0.3) is 4.98 Å². The van der Waals surface area contributed by atoms with Gasteiger partial charge >= 0.3 is 5.69 Å². The summed E-state index contributed by atoms with van der Waals surface area (Å²) in [7, 11) is -2.79. The highest BCUT2D eigenvalue weighted by Gasteiger charge is 2.17. The van der Waals surface area contributed by atoms with Crippen LogP contribution in [-0.4, -0.2) is 20.1 Å². The van der Waals surface area contributed by atoms with Crippen molar-refractivity contribution in [2.45, 2.75) is 11.8 Å². The van der Waals surface area contributed by atoms with Crippen molar-refractivity contribution < 1.29 is 17.7 Å². The molecule has 2 aromatic carbocycles. The lowest BCUT2D eigenvalue weighted by Gasteiger charge is -2.01. The summed E-state index contributed by atoms with van der Waals surface area (Å²) in [6, 6.07) is 8.44. The monoisotopic (exact) mass is 333 g/mol. The van der Waals surface area contributed by atoms with E-state index in [-0.39, 0.29) is 10.6 Å². The minimum Gasteiger partial charge on any atom is -0.489 e. The first-order valence-electron chi connectivity index (χ1n) is 6.38. The number of hydrogen-bond donors (Lipinski definition) is 1. The summed E-state index contributed by atoms with van der Waals surface area (Å²) >= 11 is 0. The Bertz CT molecular complexity index is 900. The predicted octanol–water partition coefficient (Wildman–Crippen LogP) is 4.15. The SMILES string of the molecule is COc1cc(N=Nc2ccc(S(=O)(=O)O)cc2)c(C)cc1[N+]#N.